The highest BCUT2D eigenvalue weighted by Crippen LogP contribution is 2.66. The number of fused-ring (bicyclic) bond motifs is 5. The fraction of sp³-hybridized carbons (Fsp3) is 1.00. The van der Waals surface area contributed by atoms with Crippen molar-refractivity contribution < 1.29 is 0 Å². The average Bonchev–Trinajstić information content (AvgIpc) is 3.05. The predicted octanol–water partition coefficient (Wildman–Crippen LogP) is 8.05. The number of piperidine rings is 1. The standard InChI is InChI=1S/C28H51N.CH4/c1-7-21(18(2)3)9-8-19(4)25-10-11-26-27-20(5)16-22-17-29-15-13-23(22)24(27)12-14-28(25,26)6;/h18-27,29H,7-17H2,1-6H3;1H4. The van der Waals surface area contributed by atoms with Crippen LogP contribution in [-0.2, 0) is 0 Å². The Morgan fingerprint density at radius 1 is 1.00 bits per heavy atom. The zero-order valence-corrected chi connectivity index (χ0v) is 20.6. The van der Waals surface area contributed by atoms with Crippen molar-refractivity contribution in [2.24, 2.45) is 64.6 Å². The molecule has 3 saturated carbocycles. The van der Waals surface area contributed by atoms with Crippen LogP contribution >= 0.6 is 0 Å². The maximum absolute atomic E-state index is 3.71. The lowest BCUT2D eigenvalue weighted by Crippen LogP contribution is -2.54. The molecular formula is C29H55N. The predicted molar refractivity (Wildman–Crippen MR) is 133 cm³/mol. The zero-order chi connectivity index (χ0) is 20.8. The highest BCUT2D eigenvalue weighted by molar-refractivity contribution is 5.08. The molecule has 0 aromatic heterocycles. The SMILES string of the molecule is C.CCC(CCC(C)C1CCC2C3C(C)CC4CNCCC4C3CCC12C)C(C)C. The summed E-state index contributed by atoms with van der Waals surface area (Å²) in [7, 11) is 0. The van der Waals surface area contributed by atoms with Crippen LogP contribution in [0.25, 0.3) is 0 Å². The van der Waals surface area contributed by atoms with Gasteiger partial charge in [-0.05, 0) is 123 Å². The molecule has 176 valence electrons. The van der Waals surface area contributed by atoms with Gasteiger partial charge in [-0.3, -0.25) is 0 Å². The minimum Gasteiger partial charge on any atom is -0.316 e. The van der Waals surface area contributed by atoms with Crippen LogP contribution in [0.3, 0.4) is 0 Å². The summed E-state index contributed by atoms with van der Waals surface area (Å²) >= 11 is 0. The van der Waals surface area contributed by atoms with E-state index in [1.165, 1.54) is 51.6 Å². The molecule has 1 nitrogen and oxygen atoms in total. The van der Waals surface area contributed by atoms with E-state index in [0.717, 1.165) is 59.2 Å². The average molecular weight is 418 g/mol. The van der Waals surface area contributed by atoms with Gasteiger partial charge in [0.25, 0.3) is 0 Å². The topological polar surface area (TPSA) is 12.0 Å². The normalized spacial score (nSPS) is 45.1. The Hall–Kier alpha value is -0.0400. The summed E-state index contributed by atoms with van der Waals surface area (Å²) in [6.07, 6.45) is 13.5. The van der Waals surface area contributed by atoms with E-state index in [2.05, 4.69) is 46.9 Å². The molecule has 0 radical (unpaired) electrons. The van der Waals surface area contributed by atoms with Crippen LogP contribution < -0.4 is 5.32 Å². The largest absolute Gasteiger partial charge is 0.316 e. The van der Waals surface area contributed by atoms with Gasteiger partial charge in [0.15, 0.2) is 0 Å². The van der Waals surface area contributed by atoms with Crippen LogP contribution in [0.5, 0.6) is 0 Å². The van der Waals surface area contributed by atoms with Crippen molar-refractivity contribution in [3.05, 3.63) is 0 Å². The van der Waals surface area contributed by atoms with Crippen LogP contribution in [0, 0.1) is 64.6 Å². The smallest absolute Gasteiger partial charge is 0.00177 e. The van der Waals surface area contributed by atoms with Crippen molar-refractivity contribution in [3.63, 3.8) is 0 Å². The Morgan fingerprint density at radius 2 is 1.77 bits per heavy atom. The second-order valence-electron chi connectivity index (χ2n) is 12.7. The molecule has 10 atom stereocenters. The Labute approximate surface area is 189 Å². The second-order valence-corrected chi connectivity index (χ2v) is 12.7. The first-order valence-electron chi connectivity index (χ1n) is 13.6. The Balaban J connectivity index is 0.00000256. The Kier molecular flexibility index (Phi) is 8.07. The molecule has 1 aliphatic heterocycles. The first kappa shape index (κ1) is 24.6. The summed E-state index contributed by atoms with van der Waals surface area (Å²) in [5.41, 5.74) is 0.647. The fourth-order valence-electron chi connectivity index (χ4n) is 9.60. The molecule has 10 unspecified atom stereocenters. The lowest BCUT2D eigenvalue weighted by Gasteiger charge is -2.58. The third-order valence-corrected chi connectivity index (χ3v) is 11.2. The van der Waals surface area contributed by atoms with Crippen molar-refractivity contribution in [1.82, 2.24) is 5.32 Å². The highest BCUT2D eigenvalue weighted by Gasteiger charge is 2.58. The van der Waals surface area contributed by atoms with Gasteiger partial charge in [-0.15, -0.1) is 0 Å². The lowest BCUT2D eigenvalue weighted by molar-refractivity contribution is -0.0912. The van der Waals surface area contributed by atoms with Crippen LogP contribution in [0.1, 0.15) is 107 Å². The van der Waals surface area contributed by atoms with E-state index in [9.17, 15) is 0 Å². The van der Waals surface area contributed by atoms with Crippen molar-refractivity contribution in [2.45, 2.75) is 107 Å². The summed E-state index contributed by atoms with van der Waals surface area (Å²) in [5.74, 6) is 9.86. The summed E-state index contributed by atoms with van der Waals surface area (Å²) in [5, 5.41) is 3.71. The van der Waals surface area contributed by atoms with Crippen molar-refractivity contribution in [1.29, 1.82) is 0 Å². The highest BCUT2D eigenvalue weighted by atomic mass is 14.9. The number of hydrogen-bond donors (Lipinski definition) is 1. The van der Waals surface area contributed by atoms with Crippen LogP contribution in [0.2, 0.25) is 0 Å². The number of nitrogens with one attached hydrogen (secondary N) is 1. The second kappa shape index (κ2) is 9.84. The van der Waals surface area contributed by atoms with E-state index in [0.29, 0.717) is 5.41 Å². The van der Waals surface area contributed by atoms with Crippen molar-refractivity contribution in [3.8, 4) is 0 Å². The van der Waals surface area contributed by atoms with Gasteiger partial charge in [-0.1, -0.05) is 61.8 Å². The summed E-state index contributed by atoms with van der Waals surface area (Å²) in [6.45, 7) is 17.9. The molecule has 0 amide bonds. The third kappa shape index (κ3) is 4.27. The first-order chi connectivity index (χ1) is 13.9. The van der Waals surface area contributed by atoms with Gasteiger partial charge >= 0.3 is 0 Å². The quantitative estimate of drug-likeness (QED) is 0.461. The van der Waals surface area contributed by atoms with Gasteiger partial charge in [-0.2, -0.15) is 0 Å². The minimum atomic E-state index is 0. The van der Waals surface area contributed by atoms with Gasteiger partial charge in [0.1, 0.15) is 0 Å². The van der Waals surface area contributed by atoms with Crippen LogP contribution in [0.15, 0.2) is 0 Å². The molecule has 1 N–H and O–H groups in total. The molecule has 4 aliphatic rings. The van der Waals surface area contributed by atoms with E-state index in [4.69, 9.17) is 0 Å². The summed E-state index contributed by atoms with van der Waals surface area (Å²) in [6, 6.07) is 0. The van der Waals surface area contributed by atoms with E-state index in [1.807, 2.05) is 0 Å². The third-order valence-electron chi connectivity index (χ3n) is 11.2. The monoisotopic (exact) mass is 417 g/mol. The van der Waals surface area contributed by atoms with Crippen molar-refractivity contribution in [2.75, 3.05) is 13.1 Å². The summed E-state index contributed by atoms with van der Waals surface area (Å²) < 4.78 is 0. The molecule has 0 spiro atoms. The number of hydrogen-bond acceptors (Lipinski definition) is 1. The Morgan fingerprint density at radius 3 is 2.47 bits per heavy atom. The fourth-order valence-corrected chi connectivity index (χ4v) is 9.60. The maximum atomic E-state index is 3.71. The molecule has 1 heterocycles. The van der Waals surface area contributed by atoms with E-state index in [1.54, 1.807) is 19.3 Å². The molecule has 0 bridgehead atoms. The van der Waals surface area contributed by atoms with Gasteiger partial charge < -0.3 is 5.32 Å². The molecule has 3 aliphatic carbocycles. The molecule has 0 aromatic rings. The minimum absolute atomic E-state index is 0. The molecule has 0 aromatic carbocycles. The summed E-state index contributed by atoms with van der Waals surface area (Å²) in [4.78, 5) is 0. The van der Waals surface area contributed by atoms with Gasteiger partial charge in [0.05, 0.1) is 0 Å². The molecule has 1 saturated heterocycles. The zero-order valence-electron chi connectivity index (χ0n) is 20.6. The molecule has 30 heavy (non-hydrogen) atoms. The van der Waals surface area contributed by atoms with E-state index in [-0.39, 0.29) is 7.43 Å². The molecular weight excluding hydrogens is 362 g/mol. The first-order valence-corrected chi connectivity index (χ1v) is 13.6. The molecule has 1 heteroatoms. The van der Waals surface area contributed by atoms with Gasteiger partial charge in [-0.25, -0.2) is 0 Å². The van der Waals surface area contributed by atoms with E-state index < -0.39 is 0 Å². The van der Waals surface area contributed by atoms with Crippen LogP contribution in [-0.4, -0.2) is 13.1 Å². The Bertz CT molecular complexity index is 540. The van der Waals surface area contributed by atoms with Crippen LogP contribution in [0.4, 0.5) is 0 Å². The van der Waals surface area contributed by atoms with Crippen molar-refractivity contribution >= 4 is 0 Å². The number of rotatable bonds is 6. The maximum Gasteiger partial charge on any atom is -0.00177 e. The van der Waals surface area contributed by atoms with Gasteiger partial charge in [0, 0.05) is 0 Å². The van der Waals surface area contributed by atoms with Gasteiger partial charge in [0.2, 0.25) is 0 Å². The molecule has 4 rings (SSSR count). The molecule has 4 fully saturated rings. The van der Waals surface area contributed by atoms with E-state index >= 15 is 0 Å². The lowest BCUT2D eigenvalue weighted by atomic mass is 9.47.